The maximum Gasteiger partial charge on any atom is 0.250 e. The Balaban J connectivity index is 1.59. The van der Waals surface area contributed by atoms with Gasteiger partial charge in [-0.05, 0) is 56.1 Å². The number of fused-ring (bicyclic) bond motifs is 7. The van der Waals surface area contributed by atoms with Gasteiger partial charge in [-0.2, -0.15) is 0 Å². The molecular formula is C23H18Cl3N3O3. The molecule has 4 unspecified atom stereocenters. The molecule has 4 atom stereocenters. The maximum absolute atomic E-state index is 13.9. The van der Waals surface area contributed by atoms with Crippen LogP contribution in [0.1, 0.15) is 24.0 Å². The van der Waals surface area contributed by atoms with E-state index in [1.165, 1.54) is 0 Å². The van der Waals surface area contributed by atoms with Crippen molar-refractivity contribution in [3.05, 3.63) is 56.5 Å². The van der Waals surface area contributed by atoms with E-state index >= 15 is 0 Å². The van der Waals surface area contributed by atoms with Crippen molar-refractivity contribution in [3.8, 4) is 0 Å². The smallest absolute Gasteiger partial charge is 0.250 e. The van der Waals surface area contributed by atoms with Gasteiger partial charge in [-0.25, -0.2) is 4.90 Å². The minimum absolute atomic E-state index is 0.142. The zero-order valence-corrected chi connectivity index (χ0v) is 19.3. The van der Waals surface area contributed by atoms with E-state index in [0.717, 1.165) is 23.3 Å². The van der Waals surface area contributed by atoms with Gasteiger partial charge < -0.3 is 5.32 Å². The predicted molar refractivity (Wildman–Crippen MR) is 122 cm³/mol. The van der Waals surface area contributed by atoms with Gasteiger partial charge in [0, 0.05) is 22.3 Å². The van der Waals surface area contributed by atoms with Gasteiger partial charge in [-0.15, -0.1) is 0 Å². The van der Waals surface area contributed by atoms with Crippen LogP contribution in [0.15, 0.2) is 30.3 Å². The molecule has 3 amide bonds. The van der Waals surface area contributed by atoms with Gasteiger partial charge in [0.15, 0.2) is 0 Å². The van der Waals surface area contributed by atoms with Gasteiger partial charge >= 0.3 is 0 Å². The summed E-state index contributed by atoms with van der Waals surface area (Å²) in [7, 11) is 0. The summed E-state index contributed by atoms with van der Waals surface area (Å²) in [5.41, 5.74) is 1.15. The van der Waals surface area contributed by atoms with Crippen LogP contribution in [0.25, 0.3) is 0 Å². The molecule has 164 valence electrons. The summed E-state index contributed by atoms with van der Waals surface area (Å²) in [5, 5.41) is 3.88. The van der Waals surface area contributed by atoms with Crippen LogP contribution in [-0.4, -0.2) is 35.2 Å². The Bertz CT molecular complexity index is 1250. The van der Waals surface area contributed by atoms with Crippen LogP contribution in [0.3, 0.4) is 0 Å². The first kappa shape index (κ1) is 20.5. The number of anilines is 2. The van der Waals surface area contributed by atoms with Crippen molar-refractivity contribution in [2.75, 3.05) is 16.8 Å². The predicted octanol–water partition coefficient (Wildman–Crippen LogP) is 4.39. The molecule has 9 heteroatoms. The van der Waals surface area contributed by atoms with Crippen LogP contribution in [0.2, 0.25) is 15.1 Å². The SMILES string of the molecule is Cc1cc(Cl)cc2c1NC(=O)C21C2C(=O)N(c3cccc(Cl)c3Cl)C(=O)C2C2CCCN21. The number of amides is 3. The fraction of sp³-hybridized carbons (Fsp3) is 0.348. The molecule has 0 aliphatic carbocycles. The Morgan fingerprint density at radius 3 is 2.66 bits per heavy atom. The third-order valence-electron chi connectivity index (χ3n) is 7.44. The van der Waals surface area contributed by atoms with Crippen molar-refractivity contribution in [1.82, 2.24) is 4.90 Å². The quantitative estimate of drug-likeness (QED) is 0.602. The van der Waals surface area contributed by atoms with Crippen LogP contribution in [0.4, 0.5) is 11.4 Å². The van der Waals surface area contributed by atoms with Crippen LogP contribution < -0.4 is 10.2 Å². The first-order valence-electron chi connectivity index (χ1n) is 10.5. The third-order valence-corrected chi connectivity index (χ3v) is 8.46. The number of rotatable bonds is 1. The second-order valence-electron chi connectivity index (χ2n) is 8.86. The standard InChI is InChI=1S/C23H18Cl3N3O3/c1-10-8-11(24)9-12-19(10)27-22(32)23(12)17-16(14-6-3-7-28(14)23)20(30)29(21(17)31)15-5-2-4-13(25)18(15)26/h2,4-5,8-9,14,16-17H,3,6-7H2,1H3,(H,27,32). The van der Waals surface area contributed by atoms with Gasteiger partial charge in [-0.1, -0.05) is 40.9 Å². The highest BCUT2D eigenvalue weighted by Crippen LogP contribution is 2.61. The molecule has 0 bridgehead atoms. The topological polar surface area (TPSA) is 69.7 Å². The van der Waals surface area contributed by atoms with Crippen molar-refractivity contribution >= 4 is 63.9 Å². The number of halogens is 3. The average Bonchev–Trinajstić information content (AvgIpc) is 3.44. The van der Waals surface area contributed by atoms with Crippen LogP contribution in [0, 0.1) is 18.8 Å². The number of nitrogens with zero attached hydrogens (tertiary/aromatic N) is 2. The Morgan fingerprint density at radius 2 is 1.88 bits per heavy atom. The minimum atomic E-state index is -1.27. The van der Waals surface area contributed by atoms with Gasteiger partial charge in [0.1, 0.15) is 5.54 Å². The monoisotopic (exact) mass is 489 g/mol. The Morgan fingerprint density at radius 1 is 1.09 bits per heavy atom. The number of carbonyl (C=O) groups excluding carboxylic acids is 3. The fourth-order valence-corrected chi connectivity index (χ4v) is 6.99. The highest BCUT2D eigenvalue weighted by molar-refractivity contribution is 6.45. The number of nitrogens with one attached hydrogen (secondary N) is 1. The summed E-state index contributed by atoms with van der Waals surface area (Å²) in [6.45, 7) is 2.51. The van der Waals surface area contributed by atoms with E-state index in [4.69, 9.17) is 34.8 Å². The summed E-state index contributed by atoms with van der Waals surface area (Å²) in [5.74, 6) is -2.56. The van der Waals surface area contributed by atoms with Gasteiger partial charge in [0.2, 0.25) is 17.7 Å². The molecule has 3 saturated heterocycles. The average molecular weight is 491 g/mol. The first-order chi connectivity index (χ1) is 15.3. The van der Waals surface area contributed by atoms with Crippen molar-refractivity contribution in [2.24, 2.45) is 11.8 Å². The number of carbonyl (C=O) groups is 3. The molecule has 3 fully saturated rings. The summed E-state index contributed by atoms with van der Waals surface area (Å²) in [4.78, 5) is 44.5. The zero-order valence-electron chi connectivity index (χ0n) is 17.0. The fourth-order valence-electron chi connectivity index (χ4n) is 6.34. The summed E-state index contributed by atoms with van der Waals surface area (Å²) in [6.07, 6.45) is 1.58. The van der Waals surface area contributed by atoms with Crippen molar-refractivity contribution in [2.45, 2.75) is 31.3 Å². The summed E-state index contributed by atoms with van der Waals surface area (Å²) in [6, 6.07) is 8.19. The molecule has 4 heterocycles. The molecule has 32 heavy (non-hydrogen) atoms. The third kappa shape index (κ3) is 2.29. The molecule has 2 aromatic carbocycles. The van der Waals surface area contributed by atoms with Crippen molar-refractivity contribution in [3.63, 3.8) is 0 Å². The highest BCUT2D eigenvalue weighted by Gasteiger charge is 2.74. The molecule has 4 aliphatic heterocycles. The van der Waals surface area contributed by atoms with E-state index in [9.17, 15) is 14.4 Å². The first-order valence-corrected chi connectivity index (χ1v) is 11.6. The van der Waals surface area contributed by atoms with Gasteiger partial charge in [0.25, 0.3) is 0 Å². The van der Waals surface area contributed by atoms with E-state index in [1.807, 2.05) is 6.92 Å². The number of imide groups is 1. The minimum Gasteiger partial charge on any atom is -0.324 e. The number of hydrogen-bond donors (Lipinski definition) is 1. The van der Waals surface area contributed by atoms with E-state index in [-0.39, 0.29) is 33.6 Å². The lowest BCUT2D eigenvalue weighted by Crippen LogP contribution is -2.54. The Kier molecular flexibility index (Phi) is 4.29. The zero-order chi connectivity index (χ0) is 22.5. The number of aryl methyl sites for hydroxylation is 1. The molecule has 6 rings (SSSR count). The van der Waals surface area contributed by atoms with E-state index < -0.39 is 23.3 Å². The lowest BCUT2D eigenvalue weighted by Gasteiger charge is -2.36. The molecule has 1 spiro atoms. The second kappa shape index (κ2) is 6.70. The molecule has 1 N–H and O–H groups in total. The van der Waals surface area contributed by atoms with Gasteiger partial charge in [-0.3, -0.25) is 19.3 Å². The van der Waals surface area contributed by atoms with Crippen LogP contribution in [-0.2, 0) is 19.9 Å². The van der Waals surface area contributed by atoms with Crippen molar-refractivity contribution < 1.29 is 14.4 Å². The highest BCUT2D eigenvalue weighted by atomic mass is 35.5. The van der Waals surface area contributed by atoms with E-state index in [0.29, 0.717) is 22.8 Å². The lowest BCUT2D eigenvalue weighted by molar-refractivity contribution is -0.135. The Labute approximate surface area is 199 Å². The molecule has 6 nitrogen and oxygen atoms in total. The van der Waals surface area contributed by atoms with Crippen LogP contribution in [0.5, 0.6) is 0 Å². The summed E-state index contributed by atoms with van der Waals surface area (Å²) >= 11 is 19.0. The molecule has 4 aliphatic rings. The van der Waals surface area contributed by atoms with Crippen molar-refractivity contribution in [1.29, 1.82) is 0 Å². The molecule has 0 radical (unpaired) electrons. The molecule has 0 saturated carbocycles. The molecule has 0 aromatic heterocycles. The van der Waals surface area contributed by atoms with Gasteiger partial charge in [0.05, 0.1) is 27.6 Å². The number of hydrogen-bond acceptors (Lipinski definition) is 4. The Hall–Kier alpha value is -2.12. The molecular weight excluding hydrogens is 473 g/mol. The number of benzene rings is 2. The van der Waals surface area contributed by atoms with E-state index in [1.54, 1.807) is 30.3 Å². The molecule has 2 aromatic rings. The van der Waals surface area contributed by atoms with Crippen LogP contribution >= 0.6 is 34.8 Å². The second-order valence-corrected chi connectivity index (χ2v) is 10.1. The van der Waals surface area contributed by atoms with E-state index in [2.05, 4.69) is 10.2 Å². The lowest BCUT2D eigenvalue weighted by atomic mass is 9.75. The maximum atomic E-state index is 13.9. The normalized spacial score (nSPS) is 30.8. The summed E-state index contributed by atoms with van der Waals surface area (Å²) < 4.78 is 0. The largest absolute Gasteiger partial charge is 0.324 e.